The number of carbonyl (C=O) groups is 2. The first-order valence-corrected chi connectivity index (χ1v) is 14.0. The van der Waals surface area contributed by atoms with E-state index in [0.29, 0.717) is 24.3 Å². The number of anilines is 1. The normalized spacial score (nSPS) is 21.9. The number of nitrogens with zero attached hydrogens (tertiary/aromatic N) is 2. The van der Waals surface area contributed by atoms with Gasteiger partial charge in [-0.15, -0.1) is 0 Å². The second-order valence-electron chi connectivity index (χ2n) is 9.77. The van der Waals surface area contributed by atoms with Crippen LogP contribution in [-0.2, 0) is 14.3 Å². The number of aromatic nitrogens is 1. The van der Waals surface area contributed by atoms with Crippen LogP contribution in [0.3, 0.4) is 0 Å². The Labute approximate surface area is 211 Å². The van der Waals surface area contributed by atoms with Crippen LogP contribution in [0.5, 0.6) is 0 Å². The van der Waals surface area contributed by atoms with E-state index >= 15 is 0 Å². The molecule has 0 aliphatic heterocycles. The molecule has 1 aromatic heterocycles. The lowest BCUT2D eigenvalue weighted by molar-refractivity contribution is -0.138. The van der Waals surface area contributed by atoms with Gasteiger partial charge in [0.05, 0.1) is 23.6 Å². The van der Waals surface area contributed by atoms with Crippen LogP contribution in [-0.4, -0.2) is 70.8 Å². The van der Waals surface area contributed by atoms with E-state index in [9.17, 15) is 14.7 Å². The van der Waals surface area contributed by atoms with E-state index in [1.807, 2.05) is 0 Å². The minimum Gasteiger partial charge on any atom is -0.480 e. The van der Waals surface area contributed by atoms with Gasteiger partial charge in [0.15, 0.2) is 5.13 Å². The van der Waals surface area contributed by atoms with E-state index in [2.05, 4.69) is 15.2 Å². The number of carboxylic acid groups (broad SMARTS) is 1. The summed E-state index contributed by atoms with van der Waals surface area (Å²) in [5.41, 5.74) is 0. The molecule has 2 aliphatic carbocycles. The molecule has 0 saturated heterocycles. The lowest BCUT2D eigenvalue weighted by Crippen LogP contribution is -2.51. The van der Waals surface area contributed by atoms with Crippen molar-refractivity contribution in [1.29, 1.82) is 0 Å². The maximum absolute atomic E-state index is 13.5. The third kappa shape index (κ3) is 7.83. The standard InChI is InChI=1S/C24H39N3O5S2/c1-24(2,21(28)29)34-20-15-25-22(33-20)26-23(30)27(18-7-5-4-6-8-18)19-11-9-17(10-12-19)16-32-14-13-31-3/h15,17-19H,4-14,16H2,1-3H3,(H,28,29)(H,25,26,30). The molecule has 1 heterocycles. The van der Waals surface area contributed by atoms with E-state index in [-0.39, 0.29) is 18.1 Å². The van der Waals surface area contributed by atoms with Crippen molar-refractivity contribution in [2.24, 2.45) is 5.92 Å². The van der Waals surface area contributed by atoms with E-state index in [1.165, 1.54) is 42.4 Å². The molecule has 192 valence electrons. The summed E-state index contributed by atoms with van der Waals surface area (Å²) in [6.07, 6.45) is 11.5. The van der Waals surface area contributed by atoms with Crippen molar-refractivity contribution < 1.29 is 24.2 Å². The Kier molecular flexibility index (Phi) is 10.5. The fourth-order valence-corrected chi connectivity index (χ4v) is 7.05. The molecule has 2 aliphatic rings. The minimum atomic E-state index is -0.951. The summed E-state index contributed by atoms with van der Waals surface area (Å²) in [5.74, 6) is -0.333. The molecule has 0 unspecified atom stereocenters. The Balaban J connectivity index is 1.60. The summed E-state index contributed by atoms with van der Waals surface area (Å²) >= 11 is 2.58. The van der Waals surface area contributed by atoms with Gasteiger partial charge in [0.2, 0.25) is 0 Å². The van der Waals surface area contributed by atoms with Crippen molar-refractivity contribution in [2.45, 2.75) is 92.7 Å². The predicted molar refractivity (Wildman–Crippen MR) is 136 cm³/mol. The summed E-state index contributed by atoms with van der Waals surface area (Å²) in [6, 6.07) is 0.432. The van der Waals surface area contributed by atoms with Gasteiger partial charge < -0.3 is 19.5 Å². The molecular formula is C24H39N3O5S2. The lowest BCUT2D eigenvalue weighted by Gasteiger charge is -2.42. The van der Waals surface area contributed by atoms with E-state index in [0.717, 1.165) is 49.3 Å². The summed E-state index contributed by atoms with van der Waals surface area (Å²) in [5, 5.41) is 12.9. The molecule has 1 aromatic rings. The molecule has 10 heteroatoms. The second-order valence-corrected chi connectivity index (χ2v) is 12.7. The quantitative estimate of drug-likeness (QED) is 0.298. The van der Waals surface area contributed by atoms with Gasteiger partial charge in [0, 0.05) is 25.8 Å². The van der Waals surface area contributed by atoms with Crippen LogP contribution in [0.15, 0.2) is 10.4 Å². The van der Waals surface area contributed by atoms with Crippen LogP contribution in [0.25, 0.3) is 0 Å². The van der Waals surface area contributed by atoms with Crippen LogP contribution in [0.4, 0.5) is 9.93 Å². The highest BCUT2D eigenvalue weighted by Crippen LogP contribution is 2.38. The van der Waals surface area contributed by atoms with E-state index < -0.39 is 10.7 Å². The van der Waals surface area contributed by atoms with E-state index in [4.69, 9.17) is 9.47 Å². The number of ether oxygens (including phenoxy) is 2. The third-order valence-electron chi connectivity index (χ3n) is 6.77. The molecule has 0 radical (unpaired) electrons. The number of hydrogen-bond donors (Lipinski definition) is 2. The van der Waals surface area contributed by atoms with Crippen molar-refractivity contribution in [3.05, 3.63) is 6.20 Å². The first-order valence-electron chi connectivity index (χ1n) is 12.3. The second kappa shape index (κ2) is 13.1. The van der Waals surface area contributed by atoms with Crippen molar-refractivity contribution in [1.82, 2.24) is 9.88 Å². The number of aliphatic carboxylic acids is 1. The Bertz CT molecular complexity index is 789. The van der Waals surface area contributed by atoms with Gasteiger partial charge in [-0.25, -0.2) is 9.78 Å². The van der Waals surface area contributed by atoms with Gasteiger partial charge in [0.1, 0.15) is 4.75 Å². The lowest BCUT2D eigenvalue weighted by atomic mass is 9.84. The summed E-state index contributed by atoms with van der Waals surface area (Å²) in [4.78, 5) is 31.4. The van der Waals surface area contributed by atoms with Crippen LogP contribution in [0, 0.1) is 5.92 Å². The Hall–Kier alpha value is -1.36. The number of thiazole rings is 1. The van der Waals surface area contributed by atoms with Gasteiger partial charge in [-0.3, -0.25) is 10.1 Å². The highest BCUT2D eigenvalue weighted by atomic mass is 32.2. The molecule has 2 fully saturated rings. The predicted octanol–water partition coefficient (Wildman–Crippen LogP) is 5.49. The highest BCUT2D eigenvalue weighted by Gasteiger charge is 2.35. The van der Waals surface area contributed by atoms with Crippen molar-refractivity contribution in [3.8, 4) is 0 Å². The van der Waals surface area contributed by atoms with Gasteiger partial charge in [-0.05, 0) is 58.3 Å². The summed E-state index contributed by atoms with van der Waals surface area (Å²) in [6.45, 7) is 5.35. The SMILES string of the molecule is COCCOCC1CCC(N(C(=O)Nc2ncc(SC(C)(C)C(=O)O)s2)C2CCCCC2)CC1. The molecule has 2 amide bonds. The van der Waals surface area contributed by atoms with Crippen LogP contribution in [0.2, 0.25) is 0 Å². The van der Waals surface area contributed by atoms with Gasteiger partial charge in [-0.2, -0.15) is 0 Å². The smallest absolute Gasteiger partial charge is 0.324 e. The average molecular weight is 514 g/mol. The molecule has 2 N–H and O–H groups in total. The van der Waals surface area contributed by atoms with Gasteiger partial charge in [0.25, 0.3) is 0 Å². The number of urea groups is 1. The molecule has 3 rings (SSSR count). The molecule has 0 aromatic carbocycles. The third-order valence-corrected chi connectivity index (χ3v) is 8.97. The molecular weight excluding hydrogens is 474 g/mol. The topological polar surface area (TPSA) is 101 Å². The minimum absolute atomic E-state index is 0.0740. The van der Waals surface area contributed by atoms with Gasteiger partial charge >= 0.3 is 12.0 Å². The molecule has 0 spiro atoms. The Morgan fingerprint density at radius 2 is 1.82 bits per heavy atom. The largest absolute Gasteiger partial charge is 0.480 e. The van der Waals surface area contributed by atoms with Gasteiger partial charge in [-0.1, -0.05) is 42.4 Å². The summed E-state index contributed by atoms with van der Waals surface area (Å²) in [7, 11) is 1.68. The van der Waals surface area contributed by atoms with E-state index in [1.54, 1.807) is 27.2 Å². The Morgan fingerprint density at radius 1 is 1.15 bits per heavy atom. The number of hydrogen-bond acceptors (Lipinski definition) is 7. The Morgan fingerprint density at radius 3 is 2.47 bits per heavy atom. The van der Waals surface area contributed by atoms with Crippen molar-refractivity contribution in [3.63, 3.8) is 0 Å². The first-order chi connectivity index (χ1) is 16.3. The number of rotatable bonds is 11. The van der Waals surface area contributed by atoms with Crippen LogP contribution >= 0.6 is 23.1 Å². The molecule has 0 atom stereocenters. The van der Waals surface area contributed by atoms with Crippen molar-refractivity contribution >= 4 is 40.2 Å². The van der Waals surface area contributed by atoms with Crippen LogP contribution in [0.1, 0.15) is 71.6 Å². The highest BCUT2D eigenvalue weighted by molar-refractivity contribution is 8.03. The zero-order valence-corrected chi connectivity index (χ0v) is 22.2. The number of methoxy groups -OCH3 is 1. The first kappa shape index (κ1) is 27.2. The number of nitrogens with one attached hydrogen (secondary N) is 1. The number of thioether (sulfide) groups is 1. The molecule has 0 bridgehead atoms. The molecule has 8 nitrogen and oxygen atoms in total. The number of carbonyl (C=O) groups excluding carboxylic acids is 1. The monoisotopic (exact) mass is 513 g/mol. The number of amides is 2. The average Bonchev–Trinajstić information content (AvgIpc) is 3.24. The maximum Gasteiger partial charge on any atom is 0.324 e. The van der Waals surface area contributed by atoms with Crippen LogP contribution < -0.4 is 5.32 Å². The molecule has 2 saturated carbocycles. The summed E-state index contributed by atoms with van der Waals surface area (Å²) < 4.78 is 10.6. The maximum atomic E-state index is 13.5. The molecule has 34 heavy (non-hydrogen) atoms. The van der Waals surface area contributed by atoms with Crippen molar-refractivity contribution in [2.75, 3.05) is 32.2 Å². The number of carboxylic acids is 1. The zero-order valence-electron chi connectivity index (χ0n) is 20.6. The fraction of sp³-hybridized carbons (Fsp3) is 0.792. The fourth-order valence-electron chi connectivity index (χ4n) is 4.79. The zero-order chi connectivity index (χ0) is 24.6.